The van der Waals surface area contributed by atoms with E-state index in [0.29, 0.717) is 21.7 Å². The minimum atomic E-state index is -0.688. The summed E-state index contributed by atoms with van der Waals surface area (Å²) in [6.07, 6.45) is 2.94. The van der Waals surface area contributed by atoms with Gasteiger partial charge in [-0.3, -0.25) is 9.59 Å². The van der Waals surface area contributed by atoms with Crippen LogP contribution in [-0.4, -0.2) is 45.2 Å². The topological polar surface area (TPSA) is 109 Å². The number of anilines is 1. The van der Waals surface area contributed by atoms with E-state index >= 15 is 0 Å². The van der Waals surface area contributed by atoms with Crippen LogP contribution in [0, 0.1) is 0 Å². The molecular weight excluding hydrogens is 603 g/mol. The maximum Gasteiger partial charge on any atom is 0.345 e. The van der Waals surface area contributed by atoms with Crippen molar-refractivity contribution < 1.29 is 23.9 Å². The van der Waals surface area contributed by atoms with Crippen LogP contribution in [0.3, 0.4) is 0 Å². The normalized spacial score (nSPS) is 11.2. The molecule has 0 unspecified atom stereocenters. The molecule has 0 saturated heterocycles. The number of nitrogens with zero attached hydrogens (tertiary/aromatic N) is 2. The number of benzene rings is 4. The van der Waals surface area contributed by atoms with Gasteiger partial charge in [0.25, 0.3) is 11.8 Å². The van der Waals surface area contributed by atoms with Crippen molar-refractivity contribution in [2.75, 3.05) is 26.1 Å². The van der Waals surface area contributed by atoms with Crippen molar-refractivity contribution in [2.24, 2.45) is 5.10 Å². The molecule has 0 saturated carbocycles. The van der Waals surface area contributed by atoms with Gasteiger partial charge in [0.05, 0.1) is 23.9 Å². The molecule has 0 atom stereocenters. The van der Waals surface area contributed by atoms with Crippen molar-refractivity contribution in [3.8, 4) is 11.5 Å². The maximum absolute atomic E-state index is 13.1. The van der Waals surface area contributed by atoms with Gasteiger partial charge in [0.15, 0.2) is 11.5 Å². The van der Waals surface area contributed by atoms with Crippen LogP contribution in [0.25, 0.3) is 6.08 Å². The maximum atomic E-state index is 13.1. The van der Waals surface area contributed by atoms with Gasteiger partial charge in [-0.15, -0.1) is 0 Å². The van der Waals surface area contributed by atoms with Gasteiger partial charge in [-0.2, -0.15) is 5.10 Å². The van der Waals surface area contributed by atoms with E-state index in [9.17, 15) is 14.4 Å². The van der Waals surface area contributed by atoms with E-state index in [1.165, 1.54) is 37.6 Å². The van der Waals surface area contributed by atoms with Gasteiger partial charge in [0.1, 0.15) is 5.70 Å². The summed E-state index contributed by atoms with van der Waals surface area (Å²) in [5.74, 6) is -1.38. The predicted octanol–water partition coefficient (Wildman–Crippen LogP) is 6.21. The standard InChI is InChI=1S/C33H28Cl2N4O5/c1-39(2)25-13-9-21(10-14-25)17-28(37-31(40)23-7-5-4-6-8-23)32(41)38-36-20-22-11-16-29(30(18-22)43-3)44-33(42)26-15-12-24(34)19-27(26)35/h4-20H,1-3H3,(H,37,40)(H,38,41). The fraction of sp³-hybridized carbons (Fsp3) is 0.0909. The average Bonchev–Trinajstić information content (AvgIpc) is 3.01. The van der Waals surface area contributed by atoms with Crippen LogP contribution >= 0.6 is 23.2 Å². The van der Waals surface area contributed by atoms with Crippen molar-refractivity contribution in [1.29, 1.82) is 0 Å². The Labute approximate surface area is 264 Å². The highest BCUT2D eigenvalue weighted by Crippen LogP contribution is 2.30. The van der Waals surface area contributed by atoms with E-state index in [1.807, 2.05) is 43.3 Å². The number of nitrogens with one attached hydrogen (secondary N) is 2. The van der Waals surface area contributed by atoms with Crippen LogP contribution in [0.5, 0.6) is 11.5 Å². The highest BCUT2D eigenvalue weighted by Gasteiger charge is 2.17. The van der Waals surface area contributed by atoms with E-state index in [-0.39, 0.29) is 27.8 Å². The van der Waals surface area contributed by atoms with E-state index in [4.69, 9.17) is 32.7 Å². The molecule has 0 radical (unpaired) electrons. The van der Waals surface area contributed by atoms with Gasteiger partial charge < -0.3 is 19.7 Å². The first kappa shape index (κ1) is 31.8. The van der Waals surface area contributed by atoms with Crippen LogP contribution in [0.2, 0.25) is 10.0 Å². The molecule has 44 heavy (non-hydrogen) atoms. The number of carbonyl (C=O) groups is 3. The van der Waals surface area contributed by atoms with Crippen LogP contribution in [0.15, 0.2) is 102 Å². The van der Waals surface area contributed by atoms with E-state index in [2.05, 4.69) is 15.8 Å². The lowest BCUT2D eigenvalue weighted by Crippen LogP contribution is -2.32. The van der Waals surface area contributed by atoms with Crippen molar-refractivity contribution >= 4 is 59.0 Å². The third kappa shape index (κ3) is 8.47. The lowest BCUT2D eigenvalue weighted by molar-refractivity contribution is -0.117. The fourth-order valence-electron chi connectivity index (χ4n) is 3.86. The summed E-state index contributed by atoms with van der Waals surface area (Å²) in [6, 6.07) is 25.2. The number of halogens is 2. The largest absolute Gasteiger partial charge is 0.493 e. The molecule has 224 valence electrons. The lowest BCUT2D eigenvalue weighted by Gasteiger charge is -2.13. The molecule has 0 fully saturated rings. The first-order valence-electron chi connectivity index (χ1n) is 13.2. The van der Waals surface area contributed by atoms with Crippen LogP contribution in [0.1, 0.15) is 31.8 Å². The lowest BCUT2D eigenvalue weighted by atomic mass is 10.1. The molecule has 0 spiro atoms. The monoisotopic (exact) mass is 630 g/mol. The number of hydrogen-bond acceptors (Lipinski definition) is 7. The summed E-state index contributed by atoms with van der Waals surface area (Å²) in [5.41, 5.74) is 5.19. The van der Waals surface area contributed by atoms with Gasteiger partial charge in [-0.05, 0) is 77.9 Å². The quantitative estimate of drug-likeness (QED) is 0.0709. The number of ether oxygens (including phenoxy) is 2. The SMILES string of the molecule is COc1cc(C=NNC(=O)C(=Cc2ccc(N(C)C)cc2)NC(=O)c2ccccc2)ccc1OC(=O)c1ccc(Cl)cc1Cl. The third-order valence-corrected chi connectivity index (χ3v) is 6.72. The summed E-state index contributed by atoms with van der Waals surface area (Å²) in [7, 11) is 5.27. The molecule has 2 amide bonds. The number of carbonyl (C=O) groups excluding carboxylic acids is 3. The Bertz CT molecular complexity index is 1720. The van der Waals surface area contributed by atoms with Crippen LogP contribution in [-0.2, 0) is 4.79 Å². The third-order valence-electron chi connectivity index (χ3n) is 6.17. The molecule has 0 aliphatic rings. The second-order valence-corrected chi connectivity index (χ2v) is 10.3. The van der Waals surface area contributed by atoms with Gasteiger partial charge >= 0.3 is 5.97 Å². The molecule has 2 N–H and O–H groups in total. The highest BCUT2D eigenvalue weighted by molar-refractivity contribution is 6.36. The molecule has 4 rings (SSSR count). The highest BCUT2D eigenvalue weighted by atomic mass is 35.5. The summed E-state index contributed by atoms with van der Waals surface area (Å²) in [6.45, 7) is 0. The summed E-state index contributed by atoms with van der Waals surface area (Å²) >= 11 is 12.0. The van der Waals surface area contributed by atoms with Gasteiger partial charge in [0, 0.05) is 30.4 Å². The number of esters is 1. The minimum absolute atomic E-state index is 0.00527. The molecule has 9 nitrogen and oxygen atoms in total. The zero-order valence-corrected chi connectivity index (χ0v) is 25.5. The molecule has 0 aliphatic heterocycles. The van der Waals surface area contributed by atoms with Crippen molar-refractivity contribution in [3.05, 3.63) is 129 Å². The first-order valence-corrected chi connectivity index (χ1v) is 13.9. The Hall–Kier alpha value is -5.12. The van der Waals surface area contributed by atoms with E-state index < -0.39 is 17.8 Å². The second kappa shape index (κ2) is 14.9. The molecule has 11 heteroatoms. The number of hydrogen-bond donors (Lipinski definition) is 2. The predicted molar refractivity (Wildman–Crippen MR) is 173 cm³/mol. The summed E-state index contributed by atoms with van der Waals surface area (Å²) in [4.78, 5) is 40.6. The van der Waals surface area contributed by atoms with Crippen LogP contribution in [0.4, 0.5) is 5.69 Å². The Balaban J connectivity index is 1.49. The smallest absolute Gasteiger partial charge is 0.345 e. The summed E-state index contributed by atoms with van der Waals surface area (Å²) in [5, 5.41) is 7.25. The zero-order valence-electron chi connectivity index (χ0n) is 24.0. The van der Waals surface area contributed by atoms with Gasteiger partial charge in [-0.1, -0.05) is 53.5 Å². The molecule has 0 aliphatic carbocycles. The molecule has 0 bridgehead atoms. The second-order valence-electron chi connectivity index (χ2n) is 9.49. The fourth-order valence-corrected chi connectivity index (χ4v) is 4.35. The van der Waals surface area contributed by atoms with Gasteiger partial charge in [0.2, 0.25) is 0 Å². The van der Waals surface area contributed by atoms with Crippen molar-refractivity contribution in [1.82, 2.24) is 10.7 Å². The molecule has 0 heterocycles. The average molecular weight is 632 g/mol. The Morgan fingerprint density at radius 3 is 2.20 bits per heavy atom. The number of rotatable bonds is 10. The van der Waals surface area contributed by atoms with Gasteiger partial charge in [-0.25, -0.2) is 10.2 Å². The molecule has 0 aromatic heterocycles. The number of hydrazone groups is 1. The van der Waals surface area contributed by atoms with E-state index in [0.717, 1.165) is 5.69 Å². The van der Waals surface area contributed by atoms with E-state index in [1.54, 1.807) is 48.5 Å². The molecule has 4 aromatic rings. The molecule has 4 aromatic carbocycles. The van der Waals surface area contributed by atoms with Crippen LogP contribution < -0.4 is 25.1 Å². The Morgan fingerprint density at radius 2 is 1.55 bits per heavy atom. The Kier molecular flexibility index (Phi) is 10.7. The zero-order chi connectivity index (χ0) is 31.6. The minimum Gasteiger partial charge on any atom is -0.493 e. The molecular formula is C33H28Cl2N4O5. The number of amides is 2. The van der Waals surface area contributed by atoms with Crippen molar-refractivity contribution in [3.63, 3.8) is 0 Å². The summed E-state index contributed by atoms with van der Waals surface area (Å²) < 4.78 is 10.8. The van der Waals surface area contributed by atoms with Crippen molar-refractivity contribution in [2.45, 2.75) is 0 Å². The first-order chi connectivity index (χ1) is 21.1. The number of methoxy groups -OCH3 is 1. The Morgan fingerprint density at radius 1 is 0.841 bits per heavy atom.